The highest BCUT2D eigenvalue weighted by Gasteiger charge is 2.27. The smallest absolute Gasteiger partial charge is 0.220 e. The Morgan fingerprint density at radius 1 is 1.39 bits per heavy atom. The summed E-state index contributed by atoms with van der Waals surface area (Å²) >= 11 is 0. The number of hydrogen-bond donors (Lipinski definition) is 2. The van der Waals surface area contributed by atoms with Crippen LogP contribution in [-0.2, 0) is 14.6 Å². The maximum absolute atomic E-state index is 11.5. The van der Waals surface area contributed by atoms with Gasteiger partial charge in [0.2, 0.25) is 5.91 Å². The second-order valence-corrected chi connectivity index (χ2v) is 7.51. The first-order valence-corrected chi connectivity index (χ1v) is 8.41. The zero-order valence-electron chi connectivity index (χ0n) is 11.2. The molecular weight excluding hydrogens is 252 g/mol. The highest BCUT2D eigenvalue weighted by atomic mass is 32.2. The van der Waals surface area contributed by atoms with E-state index < -0.39 is 9.84 Å². The maximum atomic E-state index is 11.5. The lowest BCUT2D eigenvalue weighted by molar-refractivity contribution is -0.121. The Bertz CT molecular complexity index is 366. The zero-order valence-corrected chi connectivity index (χ0v) is 12.1. The van der Waals surface area contributed by atoms with E-state index in [9.17, 15) is 13.2 Å². The molecule has 2 N–H and O–H groups in total. The summed E-state index contributed by atoms with van der Waals surface area (Å²) < 4.78 is 22.5. The molecule has 1 saturated heterocycles. The van der Waals surface area contributed by atoms with Crippen molar-refractivity contribution in [3.63, 3.8) is 0 Å². The molecule has 0 aromatic rings. The van der Waals surface area contributed by atoms with Crippen LogP contribution in [0.5, 0.6) is 0 Å². The van der Waals surface area contributed by atoms with Crippen LogP contribution in [0.15, 0.2) is 0 Å². The molecule has 0 radical (unpaired) electrons. The standard InChI is InChI=1S/C12H24N2O3S/c1-10(2)13-6-3-4-12(15)14-8-11-5-7-18(16,17)9-11/h10-11,13H,3-9H2,1-2H3,(H,14,15). The van der Waals surface area contributed by atoms with Crippen molar-refractivity contribution < 1.29 is 13.2 Å². The van der Waals surface area contributed by atoms with Crippen LogP contribution >= 0.6 is 0 Å². The van der Waals surface area contributed by atoms with Gasteiger partial charge in [0.05, 0.1) is 11.5 Å². The van der Waals surface area contributed by atoms with Crippen molar-refractivity contribution in [1.29, 1.82) is 0 Å². The Morgan fingerprint density at radius 2 is 2.11 bits per heavy atom. The summed E-state index contributed by atoms with van der Waals surface area (Å²) in [7, 11) is -2.84. The summed E-state index contributed by atoms with van der Waals surface area (Å²) in [5.41, 5.74) is 0. The van der Waals surface area contributed by atoms with Gasteiger partial charge in [-0.2, -0.15) is 0 Å². The SMILES string of the molecule is CC(C)NCCCC(=O)NCC1CCS(=O)(=O)C1. The van der Waals surface area contributed by atoms with Crippen LogP contribution in [0.25, 0.3) is 0 Å². The van der Waals surface area contributed by atoms with Crippen molar-refractivity contribution in [2.75, 3.05) is 24.6 Å². The largest absolute Gasteiger partial charge is 0.356 e. The van der Waals surface area contributed by atoms with Crippen LogP contribution in [0, 0.1) is 5.92 Å². The number of carbonyl (C=O) groups excluding carboxylic acids is 1. The summed E-state index contributed by atoms with van der Waals surface area (Å²) in [6.45, 7) is 5.47. The van der Waals surface area contributed by atoms with Crippen LogP contribution in [0.2, 0.25) is 0 Å². The predicted molar refractivity (Wildman–Crippen MR) is 72.1 cm³/mol. The predicted octanol–water partition coefficient (Wildman–Crippen LogP) is 0.316. The van der Waals surface area contributed by atoms with E-state index in [4.69, 9.17) is 0 Å². The molecule has 0 aliphatic carbocycles. The molecule has 6 heteroatoms. The number of rotatable bonds is 7. The highest BCUT2D eigenvalue weighted by Crippen LogP contribution is 2.17. The molecule has 1 rings (SSSR count). The van der Waals surface area contributed by atoms with E-state index in [0.29, 0.717) is 25.4 Å². The topological polar surface area (TPSA) is 75.3 Å². The van der Waals surface area contributed by atoms with Gasteiger partial charge >= 0.3 is 0 Å². The third kappa shape index (κ3) is 6.35. The van der Waals surface area contributed by atoms with Crippen LogP contribution in [0.4, 0.5) is 0 Å². The van der Waals surface area contributed by atoms with Crippen molar-refractivity contribution in [2.45, 2.75) is 39.2 Å². The third-order valence-corrected chi connectivity index (χ3v) is 4.88. The fourth-order valence-corrected chi connectivity index (χ4v) is 3.88. The fourth-order valence-electron chi connectivity index (χ4n) is 2.02. The van der Waals surface area contributed by atoms with Gasteiger partial charge in [0.25, 0.3) is 0 Å². The summed E-state index contributed by atoms with van der Waals surface area (Å²) in [5, 5.41) is 6.07. The normalized spacial score (nSPS) is 22.3. The van der Waals surface area contributed by atoms with Gasteiger partial charge < -0.3 is 10.6 Å². The average molecular weight is 276 g/mol. The van der Waals surface area contributed by atoms with Gasteiger partial charge in [-0.15, -0.1) is 0 Å². The molecule has 0 spiro atoms. The minimum atomic E-state index is -2.84. The molecule has 1 fully saturated rings. The first kappa shape index (κ1) is 15.4. The second kappa shape index (κ2) is 7.09. The minimum absolute atomic E-state index is 0.0184. The Balaban J connectivity index is 2.07. The lowest BCUT2D eigenvalue weighted by Crippen LogP contribution is -2.31. The Labute approximate surface area is 110 Å². The van der Waals surface area contributed by atoms with Crippen LogP contribution in [0.1, 0.15) is 33.1 Å². The van der Waals surface area contributed by atoms with Crippen molar-refractivity contribution >= 4 is 15.7 Å². The molecule has 0 bridgehead atoms. The quantitative estimate of drug-likeness (QED) is 0.657. The first-order valence-electron chi connectivity index (χ1n) is 6.59. The van der Waals surface area contributed by atoms with Gasteiger partial charge in [-0.25, -0.2) is 8.42 Å². The van der Waals surface area contributed by atoms with E-state index in [1.54, 1.807) is 0 Å². The summed E-state index contributed by atoms with van der Waals surface area (Å²) in [6.07, 6.45) is 1.99. The van der Waals surface area contributed by atoms with Gasteiger partial charge in [-0.05, 0) is 25.3 Å². The summed E-state index contributed by atoms with van der Waals surface area (Å²) in [5.74, 6) is 0.617. The maximum Gasteiger partial charge on any atom is 0.220 e. The molecule has 1 aliphatic heterocycles. The lowest BCUT2D eigenvalue weighted by Gasteiger charge is -2.10. The van der Waals surface area contributed by atoms with Gasteiger partial charge in [0.15, 0.2) is 9.84 Å². The molecule has 0 aromatic carbocycles. The van der Waals surface area contributed by atoms with E-state index in [1.165, 1.54) is 0 Å². The zero-order chi connectivity index (χ0) is 13.6. The molecule has 106 valence electrons. The number of carbonyl (C=O) groups is 1. The molecule has 1 atom stereocenters. The van der Waals surface area contributed by atoms with Gasteiger partial charge in [0, 0.05) is 19.0 Å². The van der Waals surface area contributed by atoms with Crippen molar-refractivity contribution in [3.8, 4) is 0 Å². The van der Waals surface area contributed by atoms with Crippen LogP contribution in [-0.4, -0.2) is 45.0 Å². The average Bonchev–Trinajstić information content (AvgIpc) is 2.61. The molecule has 1 amide bonds. The molecule has 1 aliphatic rings. The number of sulfone groups is 1. The van der Waals surface area contributed by atoms with Gasteiger partial charge in [-0.1, -0.05) is 13.8 Å². The third-order valence-electron chi connectivity index (χ3n) is 3.05. The molecule has 18 heavy (non-hydrogen) atoms. The minimum Gasteiger partial charge on any atom is -0.356 e. The number of hydrogen-bond acceptors (Lipinski definition) is 4. The van der Waals surface area contributed by atoms with Crippen molar-refractivity contribution in [3.05, 3.63) is 0 Å². The molecule has 1 unspecified atom stereocenters. The Kier molecular flexibility index (Phi) is 6.08. The molecule has 1 heterocycles. The summed E-state index contributed by atoms with van der Waals surface area (Å²) in [6, 6.07) is 0.441. The molecule has 5 nitrogen and oxygen atoms in total. The van der Waals surface area contributed by atoms with Gasteiger partial charge in [0.1, 0.15) is 0 Å². The van der Waals surface area contributed by atoms with Crippen molar-refractivity contribution in [2.24, 2.45) is 5.92 Å². The summed E-state index contributed by atoms with van der Waals surface area (Å²) in [4.78, 5) is 11.5. The molecule has 0 saturated carbocycles. The Morgan fingerprint density at radius 3 is 2.67 bits per heavy atom. The van der Waals surface area contributed by atoms with E-state index in [1.807, 2.05) is 0 Å². The lowest BCUT2D eigenvalue weighted by atomic mass is 10.1. The van der Waals surface area contributed by atoms with Crippen molar-refractivity contribution in [1.82, 2.24) is 10.6 Å². The molecule has 0 aromatic heterocycles. The van der Waals surface area contributed by atoms with Crippen LogP contribution < -0.4 is 10.6 Å². The number of amides is 1. The molecular formula is C12H24N2O3S. The van der Waals surface area contributed by atoms with E-state index in [0.717, 1.165) is 13.0 Å². The van der Waals surface area contributed by atoms with Gasteiger partial charge in [-0.3, -0.25) is 4.79 Å². The highest BCUT2D eigenvalue weighted by molar-refractivity contribution is 7.91. The first-order chi connectivity index (χ1) is 8.39. The van der Waals surface area contributed by atoms with E-state index >= 15 is 0 Å². The second-order valence-electron chi connectivity index (χ2n) is 5.29. The van der Waals surface area contributed by atoms with Crippen LogP contribution in [0.3, 0.4) is 0 Å². The number of nitrogens with one attached hydrogen (secondary N) is 2. The fraction of sp³-hybridized carbons (Fsp3) is 0.917. The van der Waals surface area contributed by atoms with E-state index in [-0.39, 0.29) is 23.3 Å². The monoisotopic (exact) mass is 276 g/mol. The Hall–Kier alpha value is -0.620. The van der Waals surface area contributed by atoms with E-state index in [2.05, 4.69) is 24.5 Å².